The summed E-state index contributed by atoms with van der Waals surface area (Å²) in [5.41, 5.74) is 0. The van der Waals surface area contributed by atoms with Gasteiger partial charge < -0.3 is 5.32 Å². The number of imide groups is 1. The molecular weight excluding hydrogens is 272 g/mol. The fourth-order valence-electron chi connectivity index (χ4n) is 1.60. The Labute approximate surface area is 113 Å². The number of aromatic nitrogens is 2. The van der Waals surface area contributed by atoms with Crippen molar-refractivity contribution < 1.29 is 9.59 Å². The van der Waals surface area contributed by atoms with Crippen molar-refractivity contribution in [3.63, 3.8) is 0 Å². The smallest absolute Gasteiger partial charge is 0.239 e. The van der Waals surface area contributed by atoms with Crippen molar-refractivity contribution in [3.8, 4) is 0 Å². The van der Waals surface area contributed by atoms with E-state index in [0.29, 0.717) is 13.0 Å². The Morgan fingerprint density at radius 1 is 1.56 bits per heavy atom. The summed E-state index contributed by atoms with van der Waals surface area (Å²) in [5.74, 6) is 0.0425. The zero-order chi connectivity index (χ0) is 13.0. The number of nitrogens with one attached hydrogen (secondary N) is 1. The minimum atomic E-state index is -0.136. The molecule has 0 aliphatic carbocycles. The van der Waals surface area contributed by atoms with E-state index < -0.39 is 0 Å². The SMILES string of the molecule is CCNc1nnc(SCC(=O)N2CCCC2=O)s1. The summed E-state index contributed by atoms with van der Waals surface area (Å²) in [4.78, 5) is 24.5. The second kappa shape index (κ2) is 6.14. The molecule has 0 saturated carbocycles. The van der Waals surface area contributed by atoms with E-state index in [-0.39, 0.29) is 17.6 Å². The fraction of sp³-hybridized carbons (Fsp3) is 0.600. The number of hydrogen-bond donors (Lipinski definition) is 1. The second-order valence-corrected chi connectivity index (χ2v) is 5.93. The minimum absolute atomic E-state index is 0.0637. The van der Waals surface area contributed by atoms with Gasteiger partial charge in [-0.1, -0.05) is 23.1 Å². The van der Waals surface area contributed by atoms with E-state index in [1.165, 1.54) is 28.0 Å². The van der Waals surface area contributed by atoms with E-state index in [1.54, 1.807) is 0 Å². The number of hydrogen-bond acceptors (Lipinski definition) is 7. The fourth-order valence-corrected chi connectivity index (χ4v) is 3.30. The monoisotopic (exact) mass is 286 g/mol. The number of anilines is 1. The van der Waals surface area contributed by atoms with Crippen molar-refractivity contribution in [2.75, 3.05) is 24.2 Å². The zero-order valence-electron chi connectivity index (χ0n) is 10.0. The van der Waals surface area contributed by atoms with Crippen LogP contribution >= 0.6 is 23.1 Å². The Kier molecular flexibility index (Phi) is 4.54. The summed E-state index contributed by atoms with van der Waals surface area (Å²) in [5, 5.41) is 11.7. The van der Waals surface area contributed by atoms with Crippen LogP contribution in [0.1, 0.15) is 19.8 Å². The molecule has 1 aliphatic heterocycles. The topological polar surface area (TPSA) is 75.2 Å². The van der Waals surface area contributed by atoms with Crippen molar-refractivity contribution in [1.29, 1.82) is 0 Å². The highest BCUT2D eigenvalue weighted by Crippen LogP contribution is 2.26. The van der Waals surface area contributed by atoms with Crippen molar-refractivity contribution >= 4 is 40.0 Å². The highest BCUT2D eigenvalue weighted by molar-refractivity contribution is 8.01. The molecule has 1 N–H and O–H groups in total. The Morgan fingerprint density at radius 3 is 3.06 bits per heavy atom. The highest BCUT2D eigenvalue weighted by Gasteiger charge is 2.26. The quantitative estimate of drug-likeness (QED) is 0.820. The molecule has 98 valence electrons. The van der Waals surface area contributed by atoms with Crippen molar-refractivity contribution in [2.45, 2.75) is 24.1 Å². The third-order valence-corrected chi connectivity index (χ3v) is 4.43. The number of rotatable bonds is 5. The van der Waals surface area contributed by atoms with E-state index in [4.69, 9.17) is 0 Å². The second-order valence-electron chi connectivity index (χ2n) is 3.73. The van der Waals surface area contributed by atoms with Gasteiger partial charge in [0.15, 0.2) is 4.34 Å². The molecule has 18 heavy (non-hydrogen) atoms. The number of likely N-dealkylation sites (tertiary alicyclic amines) is 1. The molecule has 1 aliphatic rings. The number of carbonyl (C=O) groups excluding carboxylic acids is 2. The Morgan fingerprint density at radius 2 is 2.39 bits per heavy atom. The number of amides is 2. The van der Waals surface area contributed by atoms with Crippen molar-refractivity contribution in [2.24, 2.45) is 0 Å². The van der Waals surface area contributed by atoms with Crippen LogP contribution in [-0.4, -0.2) is 45.8 Å². The van der Waals surface area contributed by atoms with Crippen LogP contribution in [0.25, 0.3) is 0 Å². The minimum Gasteiger partial charge on any atom is -0.360 e. The molecule has 8 heteroatoms. The maximum Gasteiger partial charge on any atom is 0.239 e. The summed E-state index contributed by atoms with van der Waals surface area (Å²) >= 11 is 2.74. The molecule has 1 saturated heterocycles. The molecule has 1 fully saturated rings. The number of carbonyl (C=O) groups is 2. The van der Waals surface area contributed by atoms with E-state index in [1.807, 2.05) is 6.92 Å². The van der Waals surface area contributed by atoms with E-state index in [2.05, 4.69) is 15.5 Å². The summed E-state index contributed by atoms with van der Waals surface area (Å²) in [7, 11) is 0. The first-order chi connectivity index (χ1) is 8.70. The molecule has 6 nitrogen and oxygen atoms in total. The van der Waals surface area contributed by atoms with Gasteiger partial charge in [-0.25, -0.2) is 0 Å². The van der Waals surface area contributed by atoms with Crippen LogP contribution < -0.4 is 5.32 Å². The molecular formula is C10H14N4O2S2. The van der Waals surface area contributed by atoms with Crippen LogP contribution in [0.4, 0.5) is 5.13 Å². The maximum atomic E-state index is 11.8. The lowest BCUT2D eigenvalue weighted by atomic mass is 10.4. The van der Waals surface area contributed by atoms with E-state index in [0.717, 1.165) is 22.4 Å². The molecule has 0 spiro atoms. The van der Waals surface area contributed by atoms with Gasteiger partial charge in [0.1, 0.15) is 0 Å². The van der Waals surface area contributed by atoms with Crippen LogP contribution in [0.15, 0.2) is 4.34 Å². The van der Waals surface area contributed by atoms with Gasteiger partial charge in [0, 0.05) is 19.5 Å². The third-order valence-electron chi connectivity index (χ3n) is 2.43. The highest BCUT2D eigenvalue weighted by atomic mass is 32.2. The maximum absolute atomic E-state index is 11.8. The molecule has 1 aromatic rings. The Balaban J connectivity index is 1.83. The summed E-state index contributed by atoms with van der Waals surface area (Å²) in [6, 6.07) is 0. The average molecular weight is 286 g/mol. The standard InChI is InChI=1S/C10H14N4O2S2/c1-2-11-9-12-13-10(18-9)17-6-8(16)14-5-3-4-7(14)15/h2-6H2,1H3,(H,11,12). The third kappa shape index (κ3) is 3.20. The first-order valence-corrected chi connectivity index (χ1v) is 7.54. The van der Waals surface area contributed by atoms with E-state index >= 15 is 0 Å². The van der Waals surface area contributed by atoms with Crippen LogP contribution in [-0.2, 0) is 9.59 Å². The normalized spacial score (nSPS) is 15.2. The number of nitrogens with zero attached hydrogens (tertiary/aromatic N) is 3. The summed E-state index contributed by atoms with van der Waals surface area (Å²) in [6.07, 6.45) is 1.26. The molecule has 1 aromatic heterocycles. The van der Waals surface area contributed by atoms with Crippen molar-refractivity contribution in [3.05, 3.63) is 0 Å². The van der Waals surface area contributed by atoms with Gasteiger partial charge in [0.25, 0.3) is 0 Å². The van der Waals surface area contributed by atoms with Gasteiger partial charge in [0.05, 0.1) is 5.75 Å². The lowest BCUT2D eigenvalue weighted by Gasteiger charge is -2.11. The molecule has 0 aromatic carbocycles. The first-order valence-electron chi connectivity index (χ1n) is 5.74. The van der Waals surface area contributed by atoms with Gasteiger partial charge in [-0.15, -0.1) is 10.2 Å². The molecule has 2 rings (SSSR count). The molecule has 2 heterocycles. The van der Waals surface area contributed by atoms with E-state index in [9.17, 15) is 9.59 Å². The predicted octanol–water partition coefficient (Wildman–Crippen LogP) is 1.21. The molecule has 2 amide bonds. The molecule has 0 atom stereocenters. The van der Waals surface area contributed by atoms with Gasteiger partial charge in [-0.2, -0.15) is 0 Å². The molecule has 0 unspecified atom stereocenters. The van der Waals surface area contributed by atoms with Crippen LogP contribution in [0.2, 0.25) is 0 Å². The van der Waals surface area contributed by atoms with Crippen LogP contribution in [0, 0.1) is 0 Å². The Bertz CT molecular complexity index is 449. The lowest BCUT2D eigenvalue weighted by Crippen LogP contribution is -2.33. The molecule has 0 radical (unpaired) electrons. The van der Waals surface area contributed by atoms with Crippen LogP contribution in [0.5, 0.6) is 0 Å². The molecule has 0 bridgehead atoms. The van der Waals surface area contributed by atoms with Crippen molar-refractivity contribution in [1.82, 2.24) is 15.1 Å². The van der Waals surface area contributed by atoms with Gasteiger partial charge in [-0.05, 0) is 13.3 Å². The lowest BCUT2D eigenvalue weighted by molar-refractivity contribution is -0.140. The van der Waals surface area contributed by atoms with Gasteiger partial charge >= 0.3 is 0 Å². The number of thioether (sulfide) groups is 1. The van der Waals surface area contributed by atoms with Gasteiger partial charge in [0.2, 0.25) is 16.9 Å². The van der Waals surface area contributed by atoms with Gasteiger partial charge in [-0.3, -0.25) is 14.5 Å². The predicted molar refractivity (Wildman–Crippen MR) is 70.8 cm³/mol. The van der Waals surface area contributed by atoms with Crippen LogP contribution in [0.3, 0.4) is 0 Å². The zero-order valence-corrected chi connectivity index (χ0v) is 11.6. The Hall–Kier alpha value is -1.15. The largest absolute Gasteiger partial charge is 0.360 e. The first kappa shape index (κ1) is 13.3. The average Bonchev–Trinajstić information content (AvgIpc) is 2.96. The summed E-state index contributed by atoms with van der Waals surface area (Å²) in [6.45, 7) is 3.33. The summed E-state index contributed by atoms with van der Waals surface area (Å²) < 4.78 is 0.742.